The van der Waals surface area contributed by atoms with Gasteiger partial charge in [0.2, 0.25) is 0 Å². The molecule has 0 amide bonds. The third-order valence-corrected chi connectivity index (χ3v) is 5.56. The number of aromatic nitrogens is 2. The van der Waals surface area contributed by atoms with Gasteiger partial charge in [-0.15, -0.1) is 0 Å². The average molecular weight is 257 g/mol. The Morgan fingerprint density at radius 2 is 2.41 bits per heavy atom. The molecule has 96 valence electrons. The second-order valence-corrected chi connectivity index (χ2v) is 6.83. The second kappa shape index (κ2) is 5.18. The smallest absolute Gasteiger partial charge is 0.154 e. The van der Waals surface area contributed by atoms with E-state index in [4.69, 9.17) is 0 Å². The molecule has 0 aromatic carbocycles. The maximum atomic E-state index is 11.6. The molecule has 2 rings (SSSR count). The van der Waals surface area contributed by atoms with Crippen LogP contribution in [0.2, 0.25) is 0 Å². The SMILES string of the molecule is CCn1cncc1CNCC1CCCS1(=O)=O. The van der Waals surface area contributed by atoms with Crippen molar-refractivity contribution < 1.29 is 8.42 Å². The summed E-state index contributed by atoms with van der Waals surface area (Å²) in [4.78, 5) is 4.08. The van der Waals surface area contributed by atoms with E-state index >= 15 is 0 Å². The Kier molecular flexibility index (Phi) is 3.83. The summed E-state index contributed by atoms with van der Waals surface area (Å²) in [5.41, 5.74) is 1.10. The number of aryl methyl sites for hydroxylation is 1. The van der Waals surface area contributed by atoms with Crippen LogP contribution in [0.25, 0.3) is 0 Å². The molecule has 1 N–H and O–H groups in total. The van der Waals surface area contributed by atoms with E-state index < -0.39 is 9.84 Å². The van der Waals surface area contributed by atoms with Gasteiger partial charge >= 0.3 is 0 Å². The Labute approximate surface area is 102 Å². The van der Waals surface area contributed by atoms with Gasteiger partial charge in [-0.3, -0.25) is 0 Å². The molecule has 5 nitrogen and oxygen atoms in total. The summed E-state index contributed by atoms with van der Waals surface area (Å²) in [7, 11) is -2.83. The topological polar surface area (TPSA) is 64.0 Å². The predicted octanol–water partition coefficient (Wildman–Crippen LogP) is 0.570. The number of rotatable bonds is 5. The van der Waals surface area contributed by atoms with Crippen LogP contribution in [0.3, 0.4) is 0 Å². The molecule has 1 saturated heterocycles. The highest BCUT2D eigenvalue weighted by atomic mass is 32.2. The molecule has 1 aliphatic heterocycles. The van der Waals surface area contributed by atoms with Crippen LogP contribution in [-0.2, 0) is 22.9 Å². The van der Waals surface area contributed by atoms with Crippen molar-refractivity contribution in [3.05, 3.63) is 18.2 Å². The van der Waals surface area contributed by atoms with Crippen LogP contribution in [-0.4, -0.2) is 35.5 Å². The van der Waals surface area contributed by atoms with Gasteiger partial charge in [0.05, 0.1) is 23.0 Å². The lowest BCUT2D eigenvalue weighted by atomic mass is 10.2. The van der Waals surface area contributed by atoms with Gasteiger partial charge in [0.1, 0.15) is 0 Å². The highest BCUT2D eigenvalue weighted by molar-refractivity contribution is 7.92. The number of nitrogens with zero attached hydrogens (tertiary/aromatic N) is 2. The minimum absolute atomic E-state index is 0.194. The number of hydrogen-bond donors (Lipinski definition) is 1. The van der Waals surface area contributed by atoms with E-state index in [0.717, 1.165) is 25.1 Å². The Morgan fingerprint density at radius 1 is 1.59 bits per heavy atom. The zero-order valence-electron chi connectivity index (χ0n) is 10.1. The molecular formula is C11H19N3O2S. The highest BCUT2D eigenvalue weighted by Gasteiger charge is 2.30. The number of nitrogens with one attached hydrogen (secondary N) is 1. The first-order valence-electron chi connectivity index (χ1n) is 6.05. The fourth-order valence-electron chi connectivity index (χ4n) is 2.23. The van der Waals surface area contributed by atoms with Gasteiger partial charge in [0, 0.05) is 25.8 Å². The van der Waals surface area contributed by atoms with Crippen molar-refractivity contribution in [2.75, 3.05) is 12.3 Å². The Morgan fingerprint density at radius 3 is 3.06 bits per heavy atom. The molecule has 1 fully saturated rings. The molecule has 1 atom stereocenters. The zero-order chi connectivity index (χ0) is 12.3. The Balaban J connectivity index is 1.84. The van der Waals surface area contributed by atoms with Crippen LogP contribution >= 0.6 is 0 Å². The lowest BCUT2D eigenvalue weighted by molar-refractivity contribution is 0.566. The Bertz CT molecular complexity index is 467. The molecule has 17 heavy (non-hydrogen) atoms. The van der Waals surface area contributed by atoms with E-state index in [0.29, 0.717) is 18.8 Å². The van der Waals surface area contributed by atoms with E-state index in [-0.39, 0.29) is 5.25 Å². The summed E-state index contributed by atoms with van der Waals surface area (Å²) < 4.78 is 25.3. The lowest BCUT2D eigenvalue weighted by Crippen LogP contribution is -2.30. The van der Waals surface area contributed by atoms with Crippen molar-refractivity contribution in [2.45, 2.75) is 38.1 Å². The predicted molar refractivity (Wildman–Crippen MR) is 66.4 cm³/mol. The number of imidazole rings is 1. The third-order valence-electron chi connectivity index (χ3n) is 3.28. The van der Waals surface area contributed by atoms with E-state index in [9.17, 15) is 8.42 Å². The molecule has 0 spiro atoms. The van der Waals surface area contributed by atoms with Crippen molar-refractivity contribution in [3.8, 4) is 0 Å². The van der Waals surface area contributed by atoms with Gasteiger partial charge in [0.15, 0.2) is 9.84 Å². The van der Waals surface area contributed by atoms with Gasteiger partial charge in [-0.1, -0.05) is 0 Å². The summed E-state index contributed by atoms with van der Waals surface area (Å²) in [6, 6.07) is 0. The normalized spacial score (nSPS) is 23.0. The first-order chi connectivity index (χ1) is 8.13. The van der Waals surface area contributed by atoms with Crippen molar-refractivity contribution in [1.82, 2.24) is 14.9 Å². The van der Waals surface area contributed by atoms with Crippen LogP contribution in [0, 0.1) is 0 Å². The minimum atomic E-state index is -2.83. The zero-order valence-corrected chi connectivity index (χ0v) is 10.9. The molecule has 2 heterocycles. The molecule has 0 saturated carbocycles. The maximum absolute atomic E-state index is 11.6. The largest absolute Gasteiger partial charge is 0.334 e. The number of hydrogen-bond acceptors (Lipinski definition) is 4. The molecule has 0 aliphatic carbocycles. The van der Waals surface area contributed by atoms with Crippen LogP contribution in [0.4, 0.5) is 0 Å². The standard InChI is InChI=1S/C11H19N3O2S/c1-2-14-9-13-7-10(14)6-12-8-11-4-3-5-17(11,15)16/h7,9,11-12H,2-6,8H2,1H3. The third kappa shape index (κ3) is 2.87. The molecule has 1 aromatic heterocycles. The van der Waals surface area contributed by atoms with Gasteiger partial charge in [-0.05, 0) is 19.8 Å². The van der Waals surface area contributed by atoms with Crippen LogP contribution in [0.15, 0.2) is 12.5 Å². The highest BCUT2D eigenvalue weighted by Crippen LogP contribution is 2.19. The van der Waals surface area contributed by atoms with Gasteiger partial charge < -0.3 is 9.88 Å². The average Bonchev–Trinajstić information content (AvgIpc) is 2.86. The summed E-state index contributed by atoms with van der Waals surface area (Å²) in [5.74, 6) is 0.353. The van der Waals surface area contributed by atoms with Gasteiger partial charge in [-0.2, -0.15) is 0 Å². The molecule has 1 unspecified atom stereocenters. The molecule has 1 aliphatic rings. The first kappa shape index (κ1) is 12.6. The quantitative estimate of drug-likeness (QED) is 0.837. The van der Waals surface area contributed by atoms with Crippen molar-refractivity contribution >= 4 is 9.84 Å². The van der Waals surface area contributed by atoms with E-state index in [1.54, 1.807) is 6.33 Å². The molecular weight excluding hydrogens is 238 g/mol. The van der Waals surface area contributed by atoms with Gasteiger partial charge in [0.25, 0.3) is 0 Å². The van der Waals surface area contributed by atoms with Crippen molar-refractivity contribution in [2.24, 2.45) is 0 Å². The molecule has 6 heteroatoms. The van der Waals surface area contributed by atoms with Gasteiger partial charge in [-0.25, -0.2) is 13.4 Å². The molecule has 0 bridgehead atoms. The fourth-order valence-corrected chi connectivity index (χ4v) is 4.03. The maximum Gasteiger partial charge on any atom is 0.154 e. The van der Waals surface area contributed by atoms with E-state index in [1.807, 2.05) is 6.20 Å². The molecule has 0 radical (unpaired) electrons. The Hall–Kier alpha value is -0.880. The van der Waals surface area contributed by atoms with Crippen molar-refractivity contribution in [3.63, 3.8) is 0 Å². The van der Waals surface area contributed by atoms with E-state index in [2.05, 4.69) is 21.8 Å². The molecule has 1 aromatic rings. The monoisotopic (exact) mass is 257 g/mol. The fraction of sp³-hybridized carbons (Fsp3) is 0.727. The summed E-state index contributed by atoms with van der Waals surface area (Å²) in [6.45, 7) is 4.18. The van der Waals surface area contributed by atoms with E-state index in [1.165, 1.54) is 0 Å². The summed E-state index contributed by atoms with van der Waals surface area (Å²) >= 11 is 0. The summed E-state index contributed by atoms with van der Waals surface area (Å²) in [5, 5.41) is 3.03. The lowest BCUT2D eigenvalue weighted by Gasteiger charge is -2.11. The summed E-state index contributed by atoms with van der Waals surface area (Å²) in [6.07, 6.45) is 5.22. The second-order valence-electron chi connectivity index (χ2n) is 4.43. The van der Waals surface area contributed by atoms with Crippen LogP contribution in [0.1, 0.15) is 25.5 Å². The first-order valence-corrected chi connectivity index (χ1v) is 7.76. The minimum Gasteiger partial charge on any atom is -0.334 e. The number of sulfone groups is 1. The van der Waals surface area contributed by atoms with Crippen molar-refractivity contribution in [1.29, 1.82) is 0 Å². The van der Waals surface area contributed by atoms with Crippen LogP contribution < -0.4 is 5.32 Å². The van der Waals surface area contributed by atoms with Crippen LogP contribution in [0.5, 0.6) is 0 Å².